The average molecular weight is 292 g/mol. The maximum atomic E-state index is 12.1. The maximum absolute atomic E-state index is 12.1. The lowest BCUT2D eigenvalue weighted by Crippen LogP contribution is -2.24. The molecule has 1 aliphatic heterocycles. The van der Waals surface area contributed by atoms with Gasteiger partial charge in [0.2, 0.25) is 0 Å². The van der Waals surface area contributed by atoms with E-state index in [1.54, 1.807) is 13.2 Å². The molecule has 0 aliphatic carbocycles. The zero-order valence-corrected chi connectivity index (χ0v) is 12.5. The summed E-state index contributed by atoms with van der Waals surface area (Å²) in [7, 11) is 1.62. The van der Waals surface area contributed by atoms with E-state index in [2.05, 4.69) is 10.3 Å². The molecule has 0 unspecified atom stereocenters. The van der Waals surface area contributed by atoms with Crippen molar-refractivity contribution >= 4 is 17.8 Å². The van der Waals surface area contributed by atoms with Crippen molar-refractivity contribution in [3.05, 3.63) is 70.9 Å². The lowest BCUT2D eigenvalue weighted by Gasteiger charge is -2.00. The van der Waals surface area contributed by atoms with Crippen molar-refractivity contribution in [3.8, 4) is 5.75 Å². The number of aliphatic imine (C=N–C) groups is 1. The first kappa shape index (κ1) is 14.1. The summed E-state index contributed by atoms with van der Waals surface area (Å²) < 4.78 is 5.12. The van der Waals surface area contributed by atoms with Gasteiger partial charge < -0.3 is 10.1 Å². The Morgan fingerprint density at radius 3 is 2.59 bits per heavy atom. The number of rotatable bonds is 3. The number of benzene rings is 2. The van der Waals surface area contributed by atoms with Crippen LogP contribution in [0, 0.1) is 6.92 Å². The molecule has 1 N–H and O–H groups in total. The summed E-state index contributed by atoms with van der Waals surface area (Å²) in [5.41, 5.74) is 3.34. The summed E-state index contributed by atoms with van der Waals surface area (Å²) in [5.74, 6) is 1.18. The third-order valence-corrected chi connectivity index (χ3v) is 3.41. The summed E-state index contributed by atoms with van der Waals surface area (Å²) in [6.07, 6.45) is 1.76. The summed E-state index contributed by atoms with van der Waals surface area (Å²) in [4.78, 5) is 16.5. The molecule has 0 radical (unpaired) electrons. The van der Waals surface area contributed by atoms with Gasteiger partial charge in [-0.25, -0.2) is 4.99 Å². The number of methoxy groups -OCH3 is 1. The molecule has 0 saturated carbocycles. The van der Waals surface area contributed by atoms with Gasteiger partial charge in [0.05, 0.1) is 7.11 Å². The van der Waals surface area contributed by atoms with Crippen LogP contribution in [-0.4, -0.2) is 18.9 Å². The lowest BCUT2D eigenvalue weighted by atomic mass is 10.1. The minimum absolute atomic E-state index is 0.188. The second-order valence-corrected chi connectivity index (χ2v) is 5.09. The summed E-state index contributed by atoms with van der Waals surface area (Å²) in [5, 5.41) is 2.81. The SMILES string of the molecule is COc1ccc(/C=C2/N=C(c3cccc(C)c3)NC2=O)cc1. The largest absolute Gasteiger partial charge is 0.497 e. The molecule has 1 aliphatic rings. The van der Waals surface area contributed by atoms with Crippen LogP contribution in [0.3, 0.4) is 0 Å². The predicted molar refractivity (Wildman–Crippen MR) is 86.8 cm³/mol. The second kappa shape index (κ2) is 5.85. The number of amidine groups is 1. The topological polar surface area (TPSA) is 50.7 Å². The maximum Gasteiger partial charge on any atom is 0.275 e. The summed E-state index contributed by atoms with van der Waals surface area (Å²) in [6.45, 7) is 2.01. The van der Waals surface area contributed by atoms with E-state index in [1.165, 1.54) is 0 Å². The van der Waals surface area contributed by atoms with Gasteiger partial charge in [-0.3, -0.25) is 4.79 Å². The molecule has 2 aromatic rings. The van der Waals surface area contributed by atoms with Crippen LogP contribution in [0.15, 0.2) is 59.2 Å². The molecule has 0 saturated heterocycles. The standard InChI is InChI=1S/C18H16N2O2/c1-12-4-3-5-14(10-12)17-19-16(18(21)20-17)11-13-6-8-15(22-2)9-7-13/h3-11H,1-2H3,(H,19,20,21)/b16-11+. The molecule has 0 spiro atoms. The van der Waals surface area contributed by atoms with E-state index in [0.717, 1.165) is 22.4 Å². The Hall–Kier alpha value is -2.88. The van der Waals surface area contributed by atoms with Gasteiger partial charge in [-0.2, -0.15) is 0 Å². The van der Waals surface area contributed by atoms with Crippen LogP contribution in [-0.2, 0) is 4.79 Å². The smallest absolute Gasteiger partial charge is 0.275 e. The van der Waals surface area contributed by atoms with Crippen LogP contribution in [0.1, 0.15) is 16.7 Å². The molecule has 4 heteroatoms. The van der Waals surface area contributed by atoms with E-state index in [4.69, 9.17) is 4.74 Å². The normalized spacial score (nSPS) is 15.6. The monoisotopic (exact) mass is 292 g/mol. The number of nitrogens with one attached hydrogen (secondary N) is 1. The first-order chi connectivity index (χ1) is 10.7. The van der Waals surface area contributed by atoms with Gasteiger partial charge in [-0.15, -0.1) is 0 Å². The predicted octanol–water partition coefficient (Wildman–Crippen LogP) is 2.92. The second-order valence-electron chi connectivity index (χ2n) is 5.09. The number of carbonyl (C=O) groups is 1. The van der Waals surface area contributed by atoms with Gasteiger partial charge in [0, 0.05) is 5.56 Å². The van der Waals surface area contributed by atoms with Gasteiger partial charge in [0.25, 0.3) is 5.91 Å². The Morgan fingerprint density at radius 2 is 1.91 bits per heavy atom. The molecule has 0 fully saturated rings. The number of amides is 1. The van der Waals surface area contributed by atoms with Crippen LogP contribution < -0.4 is 10.1 Å². The first-order valence-electron chi connectivity index (χ1n) is 6.98. The van der Waals surface area contributed by atoms with Gasteiger partial charge >= 0.3 is 0 Å². The number of aryl methyl sites for hydroxylation is 1. The Balaban J connectivity index is 1.90. The van der Waals surface area contributed by atoms with Gasteiger partial charge in [-0.1, -0.05) is 35.9 Å². The third kappa shape index (κ3) is 2.91. The minimum Gasteiger partial charge on any atom is -0.497 e. The van der Waals surface area contributed by atoms with Crippen molar-refractivity contribution in [2.24, 2.45) is 4.99 Å². The molecule has 22 heavy (non-hydrogen) atoms. The lowest BCUT2D eigenvalue weighted by molar-refractivity contribution is -0.115. The molecule has 110 valence electrons. The number of hydrogen-bond acceptors (Lipinski definition) is 3. The number of ether oxygens (including phenoxy) is 1. The van der Waals surface area contributed by atoms with E-state index >= 15 is 0 Å². The van der Waals surface area contributed by atoms with Crippen molar-refractivity contribution in [1.29, 1.82) is 0 Å². The van der Waals surface area contributed by atoms with E-state index in [9.17, 15) is 4.79 Å². The molecular formula is C18H16N2O2. The Morgan fingerprint density at radius 1 is 1.14 bits per heavy atom. The highest BCUT2D eigenvalue weighted by Crippen LogP contribution is 2.18. The molecule has 1 amide bonds. The van der Waals surface area contributed by atoms with E-state index < -0.39 is 0 Å². The highest BCUT2D eigenvalue weighted by atomic mass is 16.5. The quantitative estimate of drug-likeness (QED) is 0.884. The highest BCUT2D eigenvalue weighted by Gasteiger charge is 2.20. The number of carbonyl (C=O) groups excluding carboxylic acids is 1. The van der Waals surface area contributed by atoms with Gasteiger partial charge in [0.15, 0.2) is 0 Å². The van der Waals surface area contributed by atoms with Crippen molar-refractivity contribution in [2.75, 3.05) is 7.11 Å². The molecular weight excluding hydrogens is 276 g/mol. The van der Waals surface area contributed by atoms with Crippen LogP contribution in [0.5, 0.6) is 5.75 Å². The molecule has 0 aromatic heterocycles. The fourth-order valence-corrected chi connectivity index (χ4v) is 2.26. The van der Waals surface area contributed by atoms with Gasteiger partial charge in [0.1, 0.15) is 17.3 Å². The molecule has 3 rings (SSSR count). The number of hydrogen-bond donors (Lipinski definition) is 1. The first-order valence-corrected chi connectivity index (χ1v) is 6.98. The Kier molecular flexibility index (Phi) is 3.74. The Labute approximate surface area is 129 Å². The minimum atomic E-state index is -0.188. The van der Waals surface area contributed by atoms with Crippen LogP contribution >= 0.6 is 0 Å². The summed E-state index contributed by atoms with van der Waals surface area (Å²) in [6, 6.07) is 15.4. The fraction of sp³-hybridized carbons (Fsp3) is 0.111. The molecule has 0 atom stereocenters. The van der Waals surface area contributed by atoms with Crippen LogP contribution in [0.2, 0.25) is 0 Å². The molecule has 0 bridgehead atoms. The Bertz CT molecular complexity index is 774. The van der Waals surface area contributed by atoms with Crippen LogP contribution in [0.25, 0.3) is 6.08 Å². The van der Waals surface area contributed by atoms with Crippen molar-refractivity contribution in [2.45, 2.75) is 6.92 Å². The molecule has 2 aromatic carbocycles. The van der Waals surface area contributed by atoms with Gasteiger partial charge in [-0.05, 0) is 36.8 Å². The molecule has 1 heterocycles. The highest BCUT2D eigenvalue weighted by molar-refractivity contribution is 6.19. The van der Waals surface area contributed by atoms with Crippen LogP contribution in [0.4, 0.5) is 0 Å². The van der Waals surface area contributed by atoms with Crippen molar-refractivity contribution in [3.63, 3.8) is 0 Å². The fourth-order valence-electron chi connectivity index (χ4n) is 2.26. The number of nitrogens with zero attached hydrogens (tertiary/aromatic N) is 1. The van der Waals surface area contributed by atoms with Crippen molar-refractivity contribution in [1.82, 2.24) is 5.32 Å². The van der Waals surface area contributed by atoms with E-state index in [1.807, 2.05) is 55.5 Å². The van der Waals surface area contributed by atoms with Crippen molar-refractivity contribution < 1.29 is 9.53 Å². The average Bonchev–Trinajstić information content (AvgIpc) is 2.89. The third-order valence-electron chi connectivity index (χ3n) is 3.41. The van der Waals surface area contributed by atoms with E-state index in [0.29, 0.717) is 11.5 Å². The zero-order chi connectivity index (χ0) is 15.5. The van der Waals surface area contributed by atoms with E-state index in [-0.39, 0.29) is 5.91 Å². The zero-order valence-electron chi connectivity index (χ0n) is 12.5. The molecule has 4 nitrogen and oxygen atoms in total. The summed E-state index contributed by atoms with van der Waals surface area (Å²) >= 11 is 0.